The average molecular weight is 464 g/mol. The van der Waals surface area contributed by atoms with Gasteiger partial charge in [-0.25, -0.2) is 0 Å². The molecule has 1 N–H and O–H groups in total. The number of benzene rings is 2. The van der Waals surface area contributed by atoms with E-state index in [1.807, 2.05) is 19.1 Å². The average Bonchev–Trinajstić information content (AvgIpc) is 2.75. The molecule has 0 saturated carbocycles. The first-order valence-electron chi connectivity index (χ1n) is 9.94. The predicted octanol–water partition coefficient (Wildman–Crippen LogP) is 3.99. The summed E-state index contributed by atoms with van der Waals surface area (Å²) in [7, 11) is 0. The van der Waals surface area contributed by atoms with E-state index in [0.29, 0.717) is 40.1 Å². The predicted molar refractivity (Wildman–Crippen MR) is 121 cm³/mol. The Bertz CT molecular complexity index is 983. The SMILES string of the molecule is CCCN(CC(=O)Nc1cc(Cl)ccc1Cl)C(=O)CCN1C(=O)COc2ccccc21. The van der Waals surface area contributed by atoms with E-state index in [1.54, 1.807) is 35.2 Å². The molecule has 1 heterocycles. The minimum atomic E-state index is -0.376. The lowest BCUT2D eigenvalue weighted by Crippen LogP contribution is -2.43. The number of hydrogen-bond donors (Lipinski definition) is 1. The van der Waals surface area contributed by atoms with Gasteiger partial charge in [0.15, 0.2) is 6.61 Å². The van der Waals surface area contributed by atoms with Gasteiger partial charge in [0.25, 0.3) is 5.91 Å². The van der Waals surface area contributed by atoms with Crippen LogP contribution in [0.2, 0.25) is 10.0 Å². The highest BCUT2D eigenvalue weighted by atomic mass is 35.5. The molecule has 0 atom stereocenters. The fourth-order valence-electron chi connectivity index (χ4n) is 3.28. The molecule has 7 nitrogen and oxygen atoms in total. The Labute approximate surface area is 190 Å². The summed E-state index contributed by atoms with van der Waals surface area (Å²) < 4.78 is 5.43. The topological polar surface area (TPSA) is 79.0 Å². The zero-order valence-electron chi connectivity index (χ0n) is 17.1. The first kappa shape index (κ1) is 22.9. The third-order valence-corrected chi connectivity index (χ3v) is 5.31. The summed E-state index contributed by atoms with van der Waals surface area (Å²) in [6.07, 6.45) is 0.779. The first-order chi connectivity index (χ1) is 14.9. The Balaban J connectivity index is 1.62. The van der Waals surface area contributed by atoms with E-state index in [1.165, 1.54) is 4.90 Å². The van der Waals surface area contributed by atoms with Crippen LogP contribution in [0.15, 0.2) is 42.5 Å². The molecule has 2 aromatic rings. The number of nitrogens with one attached hydrogen (secondary N) is 1. The van der Waals surface area contributed by atoms with Crippen LogP contribution in [-0.2, 0) is 14.4 Å². The highest BCUT2D eigenvalue weighted by Gasteiger charge is 2.26. The van der Waals surface area contributed by atoms with E-state index in [0.717, 1.165) is 0 Å². The smallest absolute Gasteiger partial charge is 0.265 e. The van der Waals surface area contributed by atoms with Crippen molar-refractivity contribution in [3.05, 3.63) is 52.5 Å². The van der Waals surface area contributed by atoms with Gasteiger partial charge in [-0.15, -0.1) is 0 Å². The van der Waals surface area contributed by atoms with E-state index in [-0.39, 0.29) is 43.8 Å². The van der Waals surface area contributed by atoms with Crippen LogP contribution in [0, 0.1) is 0 Å². The summed E-state index contributed by atoms with van der Waals surface area (Å²) in [6, 6.07) is 12.0. The molecule has 0 spiro atoms. The normalized spacial score (nSPS) is 12.7. The maximum absolute atomic E-state index is 12.8. The molecular weight excluding hydrogens is 441 g/mol. The molecule has 0 fully saturated rings. The lowest BCUT2D eigenvalue weighted by molar-refractivity contribution is -0.134. The summed E-state index contributed by atoms with van der Waals surface area (Å²) in [5, 5.41) is 3.49. The number of rotatable bonds is 8. The molecule has 0 radical (unpaired) electrons. The van der Waals surface area contributed by atoms with E-state index < -0.39 is 0 Å². The number of para-hydroxylation sites is 2. The Hall–Kier alpha value is -2.77. The second kappa shape index (κ2) is 10.5. The van der Waals surface area contributed by atoms with Crippen LogP contribution < -0.4 is 15.0 Å². The molecule has 1 aliphatic heterocycles. The van der Waals surface area contributed by atoms with Crippen molar-refractivity contribution in [3.63, 3.8) is 0 Å². The Morgan fingerprint density at radius 1 is 1.19 bits per heavy atom. The summed E-state index contributed by atoms with van der Waals surface area (Å²) in [5.41, 5.74) is 1.03. The third kappa shape index (κ3) is 5.89. The fraction of sp³-hybridized carbons (Fsp3) is 0.318. The van der Waals surface area contributed by atoms with E-state index in [4.69, 9.17) is 27.9 Å². The maximum atomic E-state index is 12.8. The van der Waals surface area contributed by atoms with Crippen molar-refractivity contribution in [2.75, 3.05) is 36.5 Å². The molecule has 3 rings (SSSR count). The van der Waals surface area contributed by atoms with Crippen molar-refractivity contribution in [1.29, 1.82) is 0 Å². The number of nitrogens with zero attached hydrogens (tertiary/aromatic N) is 2. The summed E-state index contributed by atoms with van der Waals surface area (Å²) in [4.78, 5) is 40.7. The lowest BCUT2D eigenvalue weighted by Gasteiger charge is -2.30. The van der Waals surface area contributed by atoms with Crippen molar-refractivity contribution in [3.8, 4) is 5.75 Å². The van der Waals surface area contributed by atoms with Crippen molar-refractivity contribution in [2.24, 2.45) is 0 Å². The molecule has 0 unspecified atom stereocenters. The monoisotopic (exact) mass is 463 g/mol. The number of carbonyl (C=O) groups excluding carboxylic acids is 3. The minimum absolute atomic E-state index is 0.0628. The molecular formula is C22H23Cl2N3O4. The molecule has 1 aliphatic rings. The number of anilines is 2. The summed E-state index contributed by atoms with van der Waals surface area (Å²) in [5.74, 6) is -0.190. The summed E-state index contributed by atoms with van der Waals surface area (Å²) in [6.45, 7) is 2.37. The van der Waals surface area contributed by atoms with Gasteiger partial charge in [-0.05, 0) is 36.8 Å². The van der Waals surface area contributed by atoms with Crippen molar-refractivity contribution >= 4 is 52.3 Å². The zero-order chi connectivity index (χ0) is 22.4. The second-order valence-corrected chi connectivity index (χ2v) is 7.88. The van der Waals surface area contributed by atoms with Crippen LogP contribution in [0.3, 0.4) is 0 Å². The van der Waals surface area contributed by atoms with Gasteiger partial charge in [-0.1, -0.05) is 42.3 Å². The van der Waals surface area contributed by atoms with Crippen LogP contribution in [0.4, 0.5) is 11.4 Å². The highest BCUT2D eigenvalue weighted by molar-refractivity contribution is 6.35. The molecule has 0 aromatic heterocycles. The Morgan fingerprint density at radius 3 is 2.74 bits per heavy atom. The second-order valence-electron chi connectivity index (χ2n) is 7.04. The van der Waals surface area contributed by atoms with Crippen LogP contribution in [0.5, 0.6) is 5.75 Å². The van der Waals surface area contributed by atoms with Crippen LogP contribution in [0.25, 0.3) is 0 Å². The molecule has 164 valence electrons. The molecule has 0 saturated heterocycles. The molecule has 9 heteroatoms. The van der Waals surface area contributed by atoms with Crippen LogP contribution >= 0.6 is 23.2 Å². The third-order valence-electron chi connectivity index (χ3n) is 4.74. The van der Waals surface area contributed by atoms with E-state index in [2.05, 4.69) is 5.32 Å². The number of hydrogen-bond acceptors (Lipinski definition) is 4. The van der Waals surface area contributed by atoms with Crippen LogP contribution in [-0.4, -0.2) is 48.9 Å². The first-order valence-corrected chi connectivity index (χ1v) is 10.7. The van der Waals surface area contributed by atoms with Gasteiger partial charge in [0, 0.05) is 24.5 Å². The lowest BCUT2D eigenvalue weighted by atomic mass is 10.2. The number of carbonyl (C=O) groups is 3. The standard InChI is InChI=1S/C22H23Cl2N3O4/c1-2-10-26(13-20(28)25-17-12-15(23)7-8-16(17)24)21(29)9-11-27-18-5-3-4-6-19(18)31-14-22(27)30/h3-8,12H,2,9-11,13-14H2,1H3,(H,25,28). The zero-order valence-corrected chi connectivity index (χ0v) is 18.6. The van der Waals surface area contributed by atoms with Gasteiger partial charge in [0.2, 0.25) is 11.8 Å². The van der Waals surface area contributed by atoms with Crippen molar-refractivity contribution in [2.45, 2.75) is 19.8 Å². The van der Waals surface area contributed by atoms with E-state index in [9.17, 15) is 14.4 Å². The maximum Gasteiger partial charge on any atom is 0.265 e. The Morgan fingerprint density at radius 2 is 1.97 bits per heavy atom. The van der Waals surface area contributed by atoms with Gasteiger partial charge in [-0.3, -0.25) is 14.4 Å². The number of halogens is 2. The van der Waals surface area contributed by atoms with Gasteiger partial charge in [-0.2, -0.15) is 0 Å². The van der Waals surface area contributed by atoms with Crippen molar-refractivity contribution < 1.29 is 19.1 Å². The number of amides is 3. The number of ether oxygens (including phenoxy) is 1. The largest absolute Gasteiger partial charge is 0.482 e. The molecule has 2 aromatic carbocycles. The summed E-state index contributed by atoms with van der Waals surface area (Å²) >= 11 is 12.0. The van der Waals surface area contributed by atoms with Gasteiger partial charge in [0.05, 0.1) is 22.9 Å². The molecule has 0 bridgehead atoms. The van der Waals surface area contributed by atoms with Gasteiger partial charge >= 0.3 is 0 Å². The van der Waals surface area contributed by atoms with Crippen molar-refractivity contribution in [1.82, 2.24) is 4.90 Å². The molecule has 31 heavy (non-hydrogen) atoms. The quantitative estimate of drug-likeness (QED) is 0.641. The molecule has 3 amide bonds. The number of fused-ring (bicyclic) bond motifs is 1. The minimum Gasteiger partial charge on any atom is -0.482 e. The van der Waals surface area contributed by atoms with Gasteiger partial charge in [0.1, 0.15) is 5.75 Å². The van der Waals surface area contributed by atoms with Gasteiger partial charge < -0.3 is 19.9 Å². The van der Waals surface area contributed by atoms with Crippen LogP contribution in [0.1, 0.15) is 19.8 Å². The fourth-order valence-corrected chi connectivity index (χ4v) is 3.62. The Kier molecular flexibility index (Phi) is 7.76. The molecule has 0 aliphatic carbocycles. The highest BCUT2D eigenvalue weighted by Crippen LogP contribution is 2.31. The van der Waals surface area contributed by atoms with E-state index >= 15 is 0 Å².